The molecule has 0 radical (unpaired) electrons. The van der Waals surface area contributed by atoms with Gasteiger partial charge in [-0.2, -0.15) is 4.98 Å². The summed E-state index contributed by atoms with van der Waals surface area (Å²) in [6.07, 6.45) is 9.57. The van der Waals surface area contributed by atoms with E-state index in [2.05, 4.69) is 32.7 Å². The molecular weight excluding hydrogens is 607 g/mol. The molecule has 2 saturated heterocycles. The lowest BCUT2D eigenvalue weighted by molar-refractivity contribution is -0.0397. The fraction of sp³-hybridized carbons (Fsp3) is 0.486. The van der Waals surface area contributed by atoms with Crippen molar-refractivity contribution in [2.75, 3.05) is 19.8 Å². The molecule has 0 spiro atoms. The third kappa shape index (κ3) is 8.03. The Morgan fingerprint density at radius 1 is 1.19 bits per heavy atom. The van der Waals surface area contributed by atoms with Crippen molar-refractivity contribution in [3.05, 3.63) is 81.7 Å². The van der Waals surface area contributed by atoms with Crippen LogP contribution >= 0.6 is 0 Å². The quantitative estimate of drug-likeness (QED) is 0.0872. The summed E-state index contributed by atoms with van der Waals surface area (Å²) in [5.41, 5.74) is 16.3. The Morgan fingerprint density at radius 2 is 1.98 bits per heavy atom. The highest BCUT2D eigenvalue weighted by molar-refractivity contribution is 5.83. The van der Waals surface area contributed by atoms with E-state index in [9.17, 15) is 4.79 Å². The van der Waals surface area contributed by atoms with E-state index in [-0.39, 0.29) is 30.5 Å². The summed E-state index contributed by atoms with van der Waals surface area (Å²) in [5, 5.41) is 16.0. The fourth-order valence-electron chi connectivity index (χ4n) is 7.16. The highest BCUT2D eigenvalue weighted by Crippen LogP contribution is 2.31. The normalized spacial score (nSPS) is 19.6. The Bertz CT molecular complexity index is 1780. The van der Waals surface area contributed by atoms with Crippen molar-refractivity contribution < 1.29 is 9.13 Å². The van der Waals surface area contributed by atoms with Gasteiger partial charge in [-0.1, -0.05) is 24.6 Å². The van der Waals surface area contributed by atoms with Crippen LogP contribution in [-0.2, 0) is 11.2 Å². The third-order valence-corrected chi connectivity index (χ3v) is 9.77. The SMILES string of the molecule is Cc1cc(CCC[C@H](C)N)cc(-c2cc3cn(-c4ccc([C@@H]5CCC[C@@H](C[C@@H](CC6COC6)NC(=N)CN)N5)cc4)c(=O)nc3[nH]2)c1F. The molecule has 10 nitrogen and oxygen atoms in total. The molecule has 256 valence electrons. The van der Waals surface area contributed by atoms with Crippen LogP contribution < -0.4 is 27.8 Å². The number of hydrogen-bond donors (Lipinski definition) is 6. The molecule has 2 aromatic heterocycles. The standard InChI is InChI=1S/C37H49FN8O2/c1-22-13-24(6-3-5-23(2)40)15-31(35(22)38)33-16-27-19-46(37(47)45-36(27)44-33)30-11-9-26(10-12-30)32-8-4-7-28(42-32)17-29(43-34(41)18-39)14-25-20-48-21-25/h9-13,15-16,19,23,25,28-29,32,42H,3-8,14,17-18,20-21,39-40H2,1-2H3,(H2,41,43)(H,44,45,47)/t23-,28-,29+,32-/m0/s1. The number of H-pyrrole nitrogens is 1. The number of fused-ring (bicyclic) bond motifs is 1. The van der Waals surface area contributed by atoms with Crippen molar-refractivity contribution >= 4 is 16.9 Å². The molecule has 0 aliphatic carbocycles. The van der Waals surface area contributed by atoms with Gasteiger partial charge in [0.1, 0.15) is 17.3 Å². The molecule has 8 N–H and O–H groups in total. The molecular formula is C37H49FN8O2. The first-order chi connectivity index (χ1) is 23.2. The molecule has 2 fully saturated rings. The number of halogens is 1. The van der Waals surface area contributed by atoms with E-state index in [0.29, 0.717) is 40.3 Å². The minimum Gasteiger partial charge on any atom is -0.381 e. The van der Waals surface area contributed by atoms with Crippen molar-refractivity contribution in [1.29, 1.82) is 5.41 Å². The maximum Gasteiger partial charge on any atom is 0.354 e. The molecule has 2 aliphatic rings. The van der Waals surface area contributed by atoms with Crippen LogP contribution in [0.1, 0.15) is 74.6 Å². The number of amidine groups is 1. The number of benzene rings is 2. The van der Waals surface area contributed by atoms with E-state index in [4.69, 9.17) is 21.6 Å². The van der Waals surface area contributed by atoms with Gasteiger partial charge < -0.3 is 31.8 Å². The molecule has 0 bridgehead atoms. The van der Waals surface area contributed by atoms with E-state index in [1.165, 1.54) is 5.56 Å². The van der Waals surface area contributed by atoms with E-state index >= 15 is 4.39 Å². The van der Waals surface area contributed by atoms with Gasteiger partial charge in [0.15, 0.2) is 0 Å². The van der Waals surface area contributed by atoms with Gasteiger partial charge in [0.25, 0.3) is 0 Å². The minimum absolute atomic E-state index is 0.133. The molecule has 6 rings (SSSR count). The molecule has 48 heavy (non-hydrogen) atoms. The Morgan fingerprint density at radius 3 is 2.69 bits per heavy atom. The number of aromatic nitrogens is 3. The highest BCUT2D eigenvalue weighted by Gasteiger charge is 2.28. The number of piperidine rings is 1. The number of nitrogens with zero attached hydrogens (tertiary/aromatic N) is 2. The number of ether oxygens (including phenoxy) is 1. The summed E-state index contributed by atoms with van der Waals surface area (Å²) in [6, 6.07) is 14.6. The monoisotopic (exact) mass is 656 g/mol. The average molecular weight is 657 g/mol. The smallest absolute Gasteiger partial charge is 0.354 e. The number of aryl methyl sites for hydroxylation is 2. The fourth-order valence-corrected chi connectivity index (χ4v) is 7.16. The summed E-state index contributed by atoms with van der Waals surface area (Å²) in [5.74, 6) is 0.631. The van der Waals surface area contributed by atoms with Crippen molar-refractivity contribution in [3.8, 4) is 16.9 Å². The van der Waals surface area contributed by atoms with Crippen LogP contribution in [-0.4, -0.2) is 58.3 Å². The molecule has 0 unspecified atom stereocenters. The van der Waals surface area contributed by atoms with Gasteiger partial charge in [-0.15, -0.1) is 0 Å². The minimum atomic E-state index is -0.403. The van der Waals surface area contributed by atoms with Crippen LogP contribution in [0.4, 0.5) is 4.39 Å². The second kappa shape index (κ2) is 15.1. The molecule has 4 atom stereocenters. The second-order valence-electron chi connectivity index (χ2n) is 13.9. The predicted octanol–water partition coefficient (Wildman–Crippen LogP) is 5.00. The first-order valence-electron chi connectivity index (χ1n) is 17.3. The summed E-state index contributed by atoms with van der Waals surface area (Å²) in [6.45, 7) is 5.57. The number of hydrogen-bond acceptors (Lipinski definition) is 7. The Hall–Kier alpha value is -3.90. The predicted molar refractivity (Wildman–Crippen MR) is 189 cm³/mol. The zero-order valence-corrected chi connectivity index (χ0v) is 28.0. The Balaban J connectivity index is 1.16. The largest absolute Gasteiger partial charge is 0.381 e. The van der Waals surface area contributed by atoms with Crippen molar-refractivity contribution in [3.63, 3.8) is 0 Å². The van der Waals surface area contributed by atoms with E-state index in [1.54, 1.807) is 17.7 Å². The Labute approximate surface area is 281 Å². The van der Waals surface area contributed by atoms with Gasteiger partial charge in [-0.3, -0.25) is 9.98 Å². The van der Waals surface area contributed by atoms with Crippen LogP contribution in [0, 0.1) is 24.1 Å². The van der Waals surface area contributed by atoms with Gasteiger partial charge in [-0.05, 0) is 99.7 Å². The van der Waals surface area contributed by atoms with E-state index in [0.717, 1.165) is 81.2 Å². The third-order valence-electron chi connectivity index (χ3n) is 9.77. The maximum atomic E-state index is 15.3. The summed E-state index contributed by atoms with van der Waals surface area (Å²) in [7, 11) is 0. The van der Waals surface area contributed by atoms with Crippen LogP contribution in [0.15, 0.2) is 53.5 Å². The van der Waals surface area contributed by atoms with Gasteiger partial charge in [0.2, 0.25) is 0 Å². The number of nitrogens with two attached hydrogens (primary N) is 2. The zero-order chi connectivity index (χ0) is 33.8. The summed E-state index contributed by atoms with van der Waals surface area (Å²) >= 11 is 0. The molecule has 11 heteroatoms. The van der Waals surface area contributed by atoms with Gasteiger partial charge >= 0.3 is 5.69 Å². The molecule has 2 aliphatic heterocycles. The van der Waals surface area contributed by atoms with Gasteiger partial charge in [0, 0.05) is 47.2 Å². The topological polar surface area (TPSA) is 160 Å². The first-order valence-corrected chi connectivity index (χ1v) is 17.3. The van der Waals surface area contributed by atoms with Gasteiger partial charge in [0.05, 0.1) is 31.1 Å². The second-order valence-corrected chi connectivity index (χ2v) is 13.9. The van der Waals surface area contributed by atoms with Crippen LogP contribution in [0.3, 0.4) is 0 Å². The van der Waals surface area contributed by atoms with Crippen molar-refractivity contribution in [2.24, 2.45) is 17.4 Å². The zero-order valence-electron chi connectivity index (χ0n) is 28.0. The average Bonchev–Trinajstić information content (AvgIpc) is 3.46. The molecule has 0 amide bonds. The first kappa shape index (κ1) is 34.0. The lowest BCUT2D eigenvalue weighted by atomic mass is 9.87. The lowest BCUT2D eigenvalue weighted by Gasteiger charge is -2.36. The lowest BCUT2D eigenvalue weighted by Crippen LogP contribution is -2.47. The Kier molecular flexibility index (Phi) is 10.7. The molecule has 0 saturated carbocycles. The van der Waals surface area contributed by atoms with Crippen molar-refractivity contribution in [2.45, 2.75) is 89.4 Å². The number of nitrogens with one attached hydrogen (secondary N) is 4. The number of aromatic amines is 1. The maximum absolute atomic E-state index is 15.3. The molecule has 4 heterocycles. The highest BCUT2D eigenvalue weighted by atomic mass is 19.1. The van der Waals surface area contributed by atoms with Crippen LogP contribution in [0.2, 0.25) is 0 Å². The van der Waals surface area contributed by atoms with Gasteiger partial charge in [-0.25, -0.2) is 9.18 Å². The summed E-state index contributed by atoms with van der Waals surface area (Å²) < 4.78 is 22.3. The van der Waals surface area contributed by atoms with Crippen LogP contribution in [0.5, 0.6) is 0 Å². The van der Waals surface area contributed by atoms with Crippen LogP contribution in [0.25, 0.3) is 28.0 Å². The van der Waals surface area contributed by atoms with E-state index < -0.39 is 5.69 Å². The number of rotatable bonds is 13. The molecule has 4 aromatic rings. The summed E-state index contributed by atoms with van der Waals surface area (Å²) in [4.78, 5) is 20.7. The van der Waals surface area contributed by atoms with E-state index in [1.807, 2.05) is 37.3 Å². The molecule has 2 aromatic carbocycles. The van der Waals surface area contributed by atoms with Crippen molar-refractivity contribution in [1.82, 2.24) is 25.2 Å².